The predicted octanol–water partition coefficient (Wildman–Crippen LogP) is 5.84. The molecular formula is C37H43N3O6S. The Kier molecular flexibility index (Phi) is 11.7. The van der Waals surface area contributed by atoms with E-state index in [9.17, 15) is 18.0 Å². The number of benzene rings is 4. The largest absolute Gasteiger partial charge is 0.497 e. The fourth-order valence-corrected chi connectivity index (χ4v) is 6.59. The van der Waals surface area contributed by atoms with Crippen molar-refractivity contribution in [3.05, 3.63) is 120 Å². The minimum absolute atomic E-state index is 0.0183. The van der Waals surface area contributed by atoms with Crippen LogP contribution in [-0.4, -0.2) is 57.0 Å². The monoisotopic (exact) mass is 657 g/mol. The molecule has 4 rings (SSSR count). The molecule has 47 heavy (non-hydrogen) atoms. The van der Waals surface area contributed by atoms with Gasteiger partial charge >= 0.3 is 0 Å². The molecule has 0 aliphatic heterocycles. The lowest BCUT2D eigenvalue weighted by Gasteiger charge is -2.35. The molecule has 4 aromatic carbocycles. The second-order valence-electron chi connectivity index (χ2n) is 12.0. The Morgan fingerprint density at radius 1 is 0.830 bits per heavy atom. The number of carbonyl (C=O) groups excluding carboxylic acids is 2. The van der Waals surface area contributed by atoms with Crippen molar-refractivity contribution in [1.29, 1.82) is 0 Å². The number of hydrogen-bond acceptors (Lipinski definition) is 6. The van der Waals surface area contributed by atoms with E-state index in [0.717, 1.165) is 9.87 Å². The topological polar surface area (TPSA) is 105 Å². The Morgan fingerprint density at radius 3 is 2.09 bits per heavy atom. The van der Waals surface area contributed by atoms with Crippen molar-refractivity contribution >= 4 is 27.5 Å². The van der Waals surface area contributed by atoms with Crippen LogP contribution in [0.15, 0.2) is 114 Å². The third-order valence-electron chi connectivity index (χ3n) is 7.30. The maximum Gasteiger partial charge on any atom is 0.264 e. The number of nitrogens with one attached hydrogen (secondary N) is 1. The average Bonchev–Trinajstić information content (AvgIpc) is 3.05. The summed E-state index contributed by atoms with van der Waals surface area (Å²) in [6.45, 7) is 7.15. The second-order valence-corrected chi connectivity index (χ2v) is 13.9. The molecule has 0 aliphatic rings. The van der Waals surface area contributed by atoms with Crippen LogP contribution in [0.1, 0.15) is 38.8 Å². The number of sulfonamides is 1. The van der Waals surface area contributed by atoms with Crippen LogP contribution in [0.3, 0.4) is 0 Å². The first-order valence-corrected chi connectivity index (χ1v) is 16.9. The van der Waals surface area contributed by atoms with E-state index in [2.05, 4.69) is 5.32 Å². The van der Waals surface area contributed by atoms with Gasteiger partial charge in [0.15, 0.2) is 0 Å². The molecule has 1 atom stereocenters. The zero-order chi connectivity index (χ0) is 34.0. The van der Waals surface area contributed by atoms with E-state index in [1.54, 1.807) is 68.6 Å². The third-order valence-corrected chi connectivity index (χ3v) is 9.07. The van der Waals surface area contributed by atoms with Crippen molar-refractivity contribution in [2.75, 3.05) is 24.6 Å². The molecule has 0 radical (unpaired) electrons. The number of amides is 2. The summed E-state index contributed by atoms with van der Waals surface area (Å²) in [4.78, 5) is 30.2. The first kappa shape index (κ1) is 35.0. The minimum Gasteiger partial charge on any atom is -0.497 e. The van der Waals surface area contributed by atoms with Gasteiger partial charge in [0, 0.05) is 18.5 Å². The van der Waals surface area contributed by atoms with E-state index in [0.29, 0.717) is 17.1 Å². The van der Waals surface area contributed by atoms with Crippen molar-refractivity contribution in [3.8, 4) is 11.5 Å². The van der Waals surface area contributed by atoms with Gasteiger partial charge in [0.25, 0.3) is 10.0 Å². The first-order valence-electron chi connectivity index (χ1n) is 15.5. The van der Waals surface area contributed by atoms with E-state index in [-0.39, 0.29) is 36.1 Å². The predicted molar refractivity (Wildman–Crippen MR) is 184 cm³/mol. The number of hydrogen-bond donors (Lipinski definition) is 1. The molecule has 0 bridgehead atoms. The summed E-state index contributed by atoms with van der Waals surface area (Å²) in [6, 6.07) is 30.4. The van der Waals surface area contributed by atoms with Crippen LogP contribution in [0.2, 0.25) is 0 Å². The fraction of sp³-hybridized carbons (Fsp3) is 0.297. The van der Waals surface area contributed by atoms with Crippen LogP contribution >= 0.6 is 0 Å². The lowest BCUT2D eigenvalue weighted by Crippen LogP contribution is -2.56. The smallest absolute Gasteiger partial charge is 0.264 e. The zero-order valence-electron chi connectivity index (χ0n) is 27.6. The lowest BCUT2D eigenvalue weighted by atomic mass is 10.0. The van der Waals surface area contributed by atoms with Crippen LogP contribution in [0.5, 0.6) is 11.5 Å². The molecule has 1 N–H and O–H groups in total. The van der Waals surface area contributed by atoms with Crippen molar-refractivity contribution in [2.45, 2.75) is 57.1 Å². The van der Waals surface area contributed by atoms with Crippen molar-refractivity contribution in [1.82, 2.24) is 10.2 Å². The van der Waals surface area contributed by atoms with E-state index in [1.807, 2.05) is 63.2 Å². The SMILES string of the molecule is CCOc1ccccc1N(CC(=O)N(Cc1cccc(OC)c1)[C@@H](Cc1ccccc1)C(=O)NC(C)(C)C)S(=O)(=O)c1ccccc1. The van der Waals surface area contributed by atoms with Gasteiger partial charge in [0.2, 0.25) is 11.8 Å². The van der Waals surface area contributed by atoms with Gasteiger partial charge in [-0.15, -0.1) is 0 Å². The highest BCUT2D eigenvalue weighted by Gasteiger charge is 2.36. The fourth-order valence-electron chi connectivity index (χ4n) is 5.15. The molecule has 10 heteroatoms. The zero-order valence-corrected chi connectivity index (χ0v) is 28.4. The third kappa shape index (κ3) is 9.36. The Labute approximate surface area is 278 Å². The second kappa shape index (κ2) is 15.6. The van der Waals surface area contributed by atoms with Gasteiger partial charge < -0.3 is 19.7 Å². The van der Waals surface area contributed by atoms with Crippen LogP contribution in [0.4, 0.5) is 5.69 Å². The van der Waals surface area contributed by atoms with Crippen molar-refractivity contribution in [2.24, 2.45) is 0 Å². The Morgan fingerprint density at radius 2 is 1.45 bits per heavy atom. The molecule has 2 amide bonds. The quantitative estimate of drug-likeness (QED) is 0.183. The summed E-state index contributed by atoms with van der Waals surface area (Å²) in [5, 5.41) is 3.04. The molecule has 0 aromatic heterocycles. The Balaban J connectivity index is 1.86. The summed E-state index contributed by atoms with van der Waals surface area (Å²) in [5.41, 5.74) is 1.19. The number of nitrogens with zero attached hydrogens (tertiary/aromatic N) is 2. The molecule has 0 heterocycles. The number of carbonyl (C=O) groups is 2. The Bertz CT molecular complexity index is 1740. The van der Waals surface area contributed by atoms with Crippen LogP contribution in [0, 0.1) is 0 Å². The maximum atomic E-state index is 14.7. The molecule has 0 saturated heterocycles. The summed E-state index contributed by atoms with van der Waals surface area (Å²) in [7, 11) is -2.70. The molecule has 248 valence electrons. The number of methoxy groups -OCH3 is 1. The highest BCUT2D eigenvalue weighted by Crippen LogP contribution is 2.33. The highest BCUT2D eigenvalue weighted by atomic mass is 32.2. The molecule has 0 unspecified atom stereocenters. The number of anilines is 1. The van der Waals surface area contributed by atoms with Gasteiger partial charge in [-0.2, -0.15) is 0 Å². The van der Waals surface area contributed by atoms with Gasteiger partial charge in [-0.1, -0.05) is 72.8 Å². The van der Waals surface area contributed by atoms with Gasteiger partial charge in [0.05, 0.1) is 24.3 Å². The molecule has 9 nitrogen and oxygen atoms in total. The molecule has 0 spiro atoms. The van der Waals surface area contributed by atoms with Crippen LogP contribution in [0.25, 0.3) is 0 Å². The molecule has 0 aliphatic carbocycles. The van der Waals surface area contributed by atoms with E-state index < -0.39 is 34.1 Å². The van der Waals surface area contributed by atoms with Crippen molar-refractivity contribution in [3.63, 3.8) is 0 Å². The molecular weight excluding hydrogens is 614 g/mol. The average molecular weight is 658 g/mol. The maximum absolute atomic E-state index is 14.7. The highest BCUT2D eigenvalue weighted by molar-refractivity contribution is 7.92. The summed E-state index contributed by atoms with van der Waals surface area (Å²) in [5.74, 6) is -0.0195. The lowest BCUT2D eigenvalue weighted by molar-refractivity contribution is -0.140. The van der Waals surface area contributed by atoms with E-state index in [1.165, 1.54) is 17.0 Å². The van der Waals surface area contributed by atoms with Gasteiger partial charge in [-0.25, -0.2) is 8.42 Å². The van der Waals surface area contributed by atoms with Gasteiger partial charge in [-0.3, -0.25) is 13.9 Å². The minimum atomic E-state index is -4.26. The van der Waals surface area contributed by atoms with E-state index >= 15 is 0 Å². The number of rotatable bonds is 14. The van der Waals surface area contributed by atoms with Crippen molar-refractivity contribution < 1.29 is 27.5 Å². The number of para-hydroxylation sites is 2. The summed E-state index contributed by atoms with van der Waals surface area (Å²) < 4.78 is 40.9. The number of ether oxygens (including phenoxy) is 2. The standard InChI is InChI=1S/C37H43N3O6S/c1-6-46-34-23-14-13-22-32(34)40(47(43,44)31-20-11-8-12-21-31)27-35(41)39(26-29-18-15-19-30(24-29)45-5)33(36(42)38-37(2,3)4)25-28-16-9-7-10-17-28/h7-24,33H,6,25-27H2,1-5H3,(H,38,42)/t33-/m0/s1. The Hall–Kier alpha value is -4.83. The van der Waals surface area contributed by atoms with E-state index in [4.69, 9.17) is 9.47 Å². The molecule has 4 aromatic rings. The van der Waals surface area contributed by atoms with Gasteiger partial charge in [0.1, 0.15) is 24.1 Å². The summed E-state index contributed by atoms with van der Waals surface area (Å²) in [6.07, 6.45) is 0.208. The first-order chi connectivity index (χ1) is 22.4. The normalized spacial score (nSPS) is 12.1. The van der Waals surface area contributed by atoms with Crippen LogP contribution < -0.4 is 19.1 Å². The molecule has 0 fully saturated rings. The molecule has 0 saturated carbocycles. The van der Waals surface area contributed by atoms with Crippen LogP contribution in [-0.2, 0) is 32.6 Å². The summed E-state index contributed by atoms with van der Waals surface area (Å²) >= 11 is 0. The van der Waals surface area contributed by atoms with Gasteiger partial charge in [-0.05, 0) is 75.2 Å².